The highest BCUT2D eigenvalue weighted by atomic mass is 16.3. The van der Waals surface area contributed by atoms with E-state index in [2.05, 4.69) is 27.0 Å². The summed E-state index contributed by atoms with van der Waals surface area (Å²) >= 11 is 0. The maximum Gasteiger partial charge on any atom is 0.176 e. The zero-order chi connectivity index (χ0) is 19.1. The molecular formula is C20H26N6O. The molecule has 142 valence electrons. The second-order valence-corrected chi connectivity index (χ2v) is 7.94. The van der Waals surface area contributed by atoms with Crippen LogP contribution in [-0.2, 0) is 5.60 Å². The highest BCUT2D eigenvalue weighted by Gasteiger charge is 2.32. The number of nitrogens with one attached hydrogen (secondary N) is 1. The highest BCUT2D eigenvalue weighted by molar-refractivity contribution is 5.76. The van der Waals surface area contributed by atoms with Gasteiger partial charge in [-0.1, -0.05) is 37.3 Å². The SMILES string of the molecule is CC1(CN)CCN(c2cnc3c(C(C)(O)c4ccccc4)n[nH]c3n2)CC1. The Hall–Kier alpha value is -2.51. The molecule has 2 aromatic heterocycles. The van der Waals surface area contributed by atoms with Gasteiger partial charge in [0.1, 0.15) is 22.6 Å². The molecule has 1 aromatic carbocycles. The number of piperidine rings is 1. The van der Waals surface area contributed by atoms with Crippen LogP contribution in [0, 0.1) is 5.41 Å². The van der Waals surface area contributed by atoms with Crippen LogP contribution in [0.25, 0.3) is 11.2 Å². The van der Waals surface area contributed by atoms with Crippen LogP contribution >= 0.6 is 0 Å². The third kappa shape index (κ3) is 3.17. The Morgan fingerprint density at radius 3 is 2.63 bits per heavy atom. The Kier molecular flexibility index (Phi) is 4.36. The summed E-state index contributed by atoms with van der Waals surface area (Å²) in [5, 5.41) is 18.3. The maximum atomic E-state index is 11.1. The number of rotatable bonds is 4. The Morgan fingerprint density at radius 1 is 1.26 bits per heavy atom. The molecule has 0 aliphatic carbocycles. The van der Waals surface area contributed by atoms with E-state index in [4.69, 9.17) is 10.7 Å². The molecule has 0 spiro atoms. The zero-order valence-corrected chi connectivity index (χ0v) is 15.8. The van der Waals surface area contributed by atoms with Crippen molar-refractivity contribution in [3.8, 4) is 0 Å². The van der Waals surface area contributed by atoms with Crippen molar-refractivity contribution in [2.75, 3.05) is 24.5 Å². The topological polar surface area (TPSA) is 104 Å². The summed E-state index contributed by atoms with van der Waals surface area (Å²) in [6.07, 6.45) is 3.86. The van der Waals surface area contributed by atoms with Gasteiger partial charge in [0.15, 0.2) is 5.65 Å². The lowest BCUT2D eigenvalue weighted by molar-refractivity contribution is 0.0986. The predicted octanol–water partition coefficient (Wildman–Crippen LogP) is 2.17. The first-order chi connectivity index (χ1) is 12.9. The number of fused-ring (bicyclic) bond motifs is 1. The second kappa shape index (κ2) is 6.58. The Balaban J connectivity index is 1.63. The van der Waals surface area contributed by atoms with Crippen molar-refractivity contribution in [3.63, 3.8) is 0 Å². The van der Waals surface area contributed by atoms with Gasteiger partial charge in [0.2, 0.25) is 0 Å². The van der Waals surface area contributed by atoms with Crippen LogP contribution in [0.3, 0.4) is 0 Å². The minimum absolute atomic E-state index is 0.212. The fraction of sp³-hybridized carbons (Fsp3) is 0.450. The highest BCUT2D eigenvalue weighted by Crippen LogP contribution is 2.33. The van der Waals surface area contributed by atoms with E-state index in [0.717, 1.165) is 37.3 Å². The summed E-state index contributed by atoms with van der Waals surface area (Å²) in [4.78, 5) is 11.5. The number of hydrogen-bond acceptors (Lipinski definition) is 6. The van der Waals surface area contributed by atoms with Gasteiger partial charge >= 0.3 is 0 Å². The number of nitrogens with two attached hydrogens (primary N) is 1. The fourth-order valence-electron chi connectivity index (χ4n) is 3.66. The van der Waals surface area contributed by atoms with Crippen LogP contribution < -0.4 is 10.6 Å². The quantitative estimate of drug-likeness (QED) is 0.654. The molecule has 1 aliphatic rings. The van der Waals surface area contributed by atoms with Crippen molar-refractivity contribution >= 4 is 17.0 Å². The number of anilines is 1. The lowest BCUT2D eigenvalue weighted by atomic mass is 9.80. The lowest BCUT2D eigenvalue weighted by Gasteiger charge is -2.39. The Bertz CT molecular complexity index is 928. The van der Waals surface area contributed by atoms with E-state index < -0.39 is 5.60 Å². The summed E-state index contributed by atoms with van der Waals surface area (Å²) in [7, 11) is 0. The summed E-state index contributed by atoms with van der Waals surface area (Å²) in [6.45, 7) is 6.51. The number of aliphatic hydroxyl groups is 1. The molecule has 7 heteroatoms. The van der Waals surface area contributed by atoms with Crippen LogP contribution in [0.5, 0.6) is 0 Å². The first-order valence-corrected chi connectivity index (χ1v) is 9.37. The predicted molar refractivity (Wildman–Crippen MR) is 105 cm³/mol. The Labute approximate surface area is 158 Å². The molecule has 4 N–H and O–H groups in total. The molecule has 0 radical (unpaired) electrons. The molecule has 1 fully saturated rings. The summed E-state index contributed by atoms with van der Waals surface area (Å²) in [5.74, 6) is 0.830. The number of hydrogen-bond donors (Lipinski definition) is 3. The third-order valence-corrected chi connectivity index (χ3v) is 5.84. The van der Waals surface area contributed by atoms with Crippen LogP contribution in [0.4, 0.5) is 5.82 Å². The van der Waals surface area contributed by atoms with Gasteiger partial charge in [0.05, 0.1) is 6.20 Å². The largest absolute Gasteiger partial charge is 0.379 e. The number of aromatic amines is 1. The van der Waals surface area contributed by atoms with Crippen molar-refractivity contribution in [1.29, 1.82) is 0 Å². The van der Waals surface area contributed by atoms with Crippen molar-refractivity contribution < 1.29 is 5.11 Å². The molecule has 3 aromatic rings. The minimum atomic E-state index is -1.25. The number of benzene rings is 1. The van der Waals surface area contributed by atoms with Crippen LogP contribution in [0.2, 0.25) is 0 Å². The molecule has 4 rings (SSSR count). The van der Waals surface area contributed by atoms with Crippen LogP contribution in [-0.4, -0.2) is 44.9 Å². The third-order valence-electron chi connectivity index (χ3n) is 5.84. The van der Waals surface area contributed by atoms with Crippen molar-refractivity contribution in [3.05, 3.63) is 47.8 Å². The molecule has 0 amide bonds. The smallest absolute Gasteiger partial charge is 0.176 e. The fourth-order valence-corrected chi connectivity index (χ4v) is 3.66. The lowest BCUT2D eigenvalue weighted by Crippen LogP contribution is -2.42. The summed E-state index contributed by atoms with van der Waals surface area (Å²) in [5.41, 5.74) is 7.30. The van der Waals surface area contributed by atoms with Gasteiger partial charge in [-0.05, 0) is 37.3 Å². The average Bonchev–Trinajstić information content (AvgIpc) is 3.13. The molecule has 7 nitrogen and oxygen atoms in total. The van der Waals surface area contributed by atoms with Gasteiger partial charge < -0.3 is 15.7 Å². The molecule has 1 saturated heterocycles. The monoisotopic (exact) mass is 366 g/mol. The van der Waals surface area contributed by atoms with E-state index in [1.165, 1.54) is 0 Å². The summed E-state index contributed by atoms with van der Waals surface area (Å²) in [6, 6.07) is 9.47. The maximum absolute atomic E-state index is 11.1. The Morgan fingerprint density at radius 2 is 1.96 bits per heavy atom. The van der Waals surface area contributed by atoms with Crippen LogP contribution in [0.1, 0.15) is 37.9 Å². The van der Waals surface area contributed by atoms with Crippen LogP contribution in [0.15, 0.2) is 36.5 Å². The number of aromatic nitrogens is 4. The molecule has 3 heterocycles. The van der Waals surface area contributed by atoms with E-state index in [1.807, 2.05) is 30.3 Å². The van der Waals surface area contributed by atoms with Gasteiger partial charge in [0, 0.05) is 13.1 Å². The zero-order valence-electron chi connectivity index (χ0n) is 15.8. The second-order valence-electron chi connectivity index (χ2n) is 7.94. The van der Waals surface area contributed by atoms with E-state index in [0.29, 0.717) is 23.4 Å². The van der Waals surface area contributed by atoms with Gasteiger partial charge in [-0.3, -0.25) is 5.10 Å². The van der Waals surface area contributed by atoms with Crippen molar-refractivity contribution in [2.24, 2.45) is 11.1 Å². The molecule has 1 atom stereocenters. The average molecular weight is 366 g/mol. The van der Waals surface area contributed by atoms with Gasteiger partial charge in [0.25, 0.3) is 0 Å². The van der Waals surface area contributed by atoms with Crippen molar-refractivity contribution in [1.82, 2.24) is 20.2 Å². The van der Waals surface area contributed by atoms with E-state index >= 15 is 0 Å². The first kappa shape index (κ1) is 17.9. The number of nitrogens with zero attached hydrogens (tertiary/aromatic N) is 4. The van der Waals surface area contributed by atoms with Gasteiger partial charge in [-0.15, -0.1) is 0 Å². The van der Waals surface area contributed by atoms with E-state index in [9.17, 15) is 5.11 Å². The molecule has 1 aliphatic heterocycles. The standard InChI is InChI=1S/C20H26N6O/c1-19(13-21)8-10-26(11-9-19)15-12-22-16-17(24-25-18(16)23-15)20(2,27)14-6-4-3-5-7-14/h3-7,12,27H,8-11,13,21H2,1-2H3,(H,23,24,25). The van der Waals surface area contributed by atoms with Gasteiger partial charge in [-0.25, -0.2) is 9.97 Å². The normalized spacial score (nSPS) is 19.2. The van der Waals surface area contributed by atoms with Gasteiger partial charge in [-0.2, -0.15) is 5.10 Å². The molecule has 27 heavy (non-hydrogen) atoms. The minimum Gasteiger partial charge on any atom is -0.379 e. The summed E-state index contributed by atoms with van der Waals surface area (Å²) < 4.78 is 0. The number of H-pyrrole nitrogens is 1. The van der Waals surface area contributed by atoms with E-state index in [1.54, 1.807) is 13.1 Å². The molecule has 1 unspecified atom stereocenters. The van der Waals surface area contributed by atoms with Crippen molar-refractivity contribution in [2.45, 2.75) is 32.3 Å². The molecular weight excluding hydrogens is 340 g/mol. The molecule has 0 bridgehead atoms. The first-order valence-electron chi connectivity index (χ1n) is 9.37. The molecule has 0 saturated carbocycles. The van der Waals surface area contributed by atoms with E-state index in [-0.39, 0.29) is 5.41 Å².